The van der Waals surface area contributed by atoms with Crippen molar-refractivity contribution in [2.24, 2.45) is 0 Å². The molecule has 0 spiro atoms. The molecule has 0 aliphatic carbocycles. The fourth-order valence-corrected chi connectivity index (χ4v) is 3.04. The Morgan fingerprint density at radius 3 is 2.25 bits per heavy atom. The summed E-state index contributed by atoms with van der Waals surface area (Å²) in [5.41, 5.74) is 1.36. The van der Waals surface area contributed by atoms with Gasteiger partial charge in [0.25, 0.3) is 0 Å². The van der Waals surface area contributed by atoms with E-state index in [-0.39, 0.29) is 11.1 Å². The van der Waals surface area contributed by atoms with Gasteiger partial charge in [0, 0.05) is 0 Å². The molecule has 110 valence electrons. The minimum Gasteiger partial charge on any atom is -0.403 e. The summed E-state index contributed by atoms with van der Waals surface area (Å²) in [7, 11) is -1.75. The largest absolute Gasteiger partial charge is 0.403 e. The van der Waals surface area contributed by atoms with E-state index in [0.717, 1.165) is 12.8 Å². The Hall–Kier alpha value is -1.04. The second-order valence-electron chi connectivity index (χ2n) is 6.79. The van der Waals surface area contributed by atoms with Gasteiger partial charge in [-0.15, -0.1) is 5.92 Å². The second kappa shape index (κ2) is 7.11. The third-order valence-corrected chi connectivity index (χ3v) is 8.57. The second-order valence-corrected chi connectivity index (χ2v) is 11.5. The maximum Gasteiger partial charge on any atom is 0.193 e. The van der Waals surface area contributed by atoms with Crippen LogP contribution in [0, 0.1) is 11.8 Å². The lowest BCUT2D eigenvalue weighted by Crippen LogP contribution is -2.43. The van der Waals surface area contributed by atoms with Crippen LogP contribution in [0.5, 0.6) is 0 Å². The molecule has 1 rings (SSSR count). The van der Waals surface area contributed by atoms with Gasteiger partial charge in [-0.05, 0) is 43.5 Å². The fourth-order valence-electron chi connectivity index (χ4n) is 1.80. The topological polar surface area (TPSA) is 9.23 Å². The summed E-state index contributed by atoms with van der Waals surface area (Å²) in [6, 6.07) is 10.6. The van der Waals surface area contributed by atoms with Crippen LogP contribution in [-0.4, -0.2) is 14.4 Å². The molecule has 0 heterocycles. The normalized spacial score (nSPS) is 13.5. The minimum absolute atomic E-state index is 0.0566. The minimum atomic E-state index is -1.75. The maximum absolute atomic E-state index is 6.43. The van der Waals surface area contributed by atoms with Crippen LogP contribution in [0.4, 0.5) is 0 Å². The summed E-state index contributed by atoms with van der Waals surface area (Å²) in [5, 5.41) is 0.230. The Labute approximate surface area is 125 Å². The Kier molecular flexibility index (Phi) is 6.04. The zero-order valence-electron chi connectivity index (χ0n) is 13.8. The average molecular weight is 289 g/mol. The van der Waals surface area contributed by atoms with E-state index in [1.165, 1.54) is 5.56 Å². The van der Waals surface area contributed by atoms with Crippen molar-refractivity contribution in [3.8, 4) is 11.8 Å². The third kappa shape index (κ3) is 5.15. The van der Waals surface area contributed by atoms with E-state index in [2.05, 4.69) is 76.0 Å². The Balaban J connectivity index is 2.68. The maximum atomic E-state index is 6.43. The number of rotatable bonds is 5. The van der Waals surface area contributed by atoms with Crippen LogP contribution >= 0.6 is 0 Å². The molecule has 0 amide bonds. The summed E-state index contributed by atoms with van der Waals surface area (Å²) in [6.07, 6.45) is 2.05. The Morgan fingerprint density at radius 1 is 1.15 bits per heavy atom. The zero-order chi connectivity index (χ0) is 15.2. The fraction of sp³-hybridized carbons (Fsp3) is 0.556. The van der Waals surface area contributed by atoms with Gasteiger partial charge in [-0.1, -0.05) is 57.0 Å². The first-order chi connectivity index (χ1) is 9.26. The third-order valence-electron chi connectivity index (χ3n) is 4.09. The SMILES string of the molecule is CC#C[C@H](CCc1ccccc1)O[Si](C)(C)C(C)(C)C. The average Bonchev–Trinajstić information content (AvgIpc) is 2.36. The summed E-state index contributed by atoms with van der Waals surface area (Å²) in [6.45, 7) is 13.3. The first-order valence-corrected chi connectivity index (χ1v) is 10.3. The zero-order valence-corrected chi connectivity index (χ0v) is 14.8. The molecule has 0 aliphatic heterocycles. The van der Waals surface area contributed by atoms with E-state index in [1.807, 2.05) is 6.92 Å². The molecule has 0 fully saturated rings. The van der Waals surface area contributed by atoms with Crippen LogP contribution in [0.3, 0.4) is 0 Å². The van der Waals surface area contributed by atoms with Gasteiger partial charge in [0.1, 0.15) is 6.10 Å². The van der Waals surface area contributed by atoms with E-state index >= 15 is 0 Å². The van der Waals surface area contributed by atoms with Gasteiger partial charge in [-0.2, -0.15) is 0 Å². The van der Waals surface area contributed by atoms with E-state index in [0.29, 0.717) is 0 Å². The van der Waals surface area contributed by atoms with Crippen molar-refractivity contribution in [3.63, 3.8) is 0 Å². The number of hydrogen-bond acceptors (Lipinski definition) is 1. The molecule has 20 heavy (non-hydrogen) atoms. The van der Waals surface area contributed by atoms with Gasteiger partial charge in [-0.25, -0.2) is 0 Å². The number of benzene rings is 1. The van der Waals surface area contributed by atoms with Crippen molar-refractivity contribution in [3.05, 3.63) is 35.9 Å². The van der Waals surface area contributed by atoms with Crippen LogP contribution < -0.4 is 0 Å². The van der Waals surface area contributed by atoms with Gasteiger partial charge in [0.15, 0.2) is 8.32 Å². The van der Waals surface area contributed by atoms with Gasteiger partial charge in [-0.3, -0.25) is 0 Å². The van der Waals surface area contributed by atoms with Crippen molar-refractivity contribution in [1.82, 2.24) is 0 Å². The van der Waals surface area contributed by atoms with Crippen LogP contribution in [0.1, 0.15) is 39.7 Å². The lowest BCUT2D eigenvalue weighted by atomic mass is 10.1. The first-order valence-electron chi connectivity index (χ1n) is 7.40. The number of aryl methyl sites for hydroxylation is 1. The predicted octanol–water partition coefficient (Wildman–Crippen LogP) is 5.03. The highest BCUT2D eigenvalue weighted by Gasteiger charge is 2.38. The first kappa shape index (κ1) is 17.0. The smallest absolute Gasteiger partial charge is 0.193 e. The molecule has 2 heteroatoms. The van der Waals surface area contributed by atoms with Crippen LogP contribution in [0.25, 0.3) is 0 Å². The van der Waals surface area contributed by atoms with Gasteiger partial charge >= 0.3 is 0 Å². The molecule has 0 aliphatic rings. The van der Waals surface area contributed by atoms with Crippen molar-refractivity contribution < 1.29 is 4.43 Å². The van der Waals surface area contributed by atoms with Gasteiger partial charge in [0.05, 0.1) is 0 Å². The van der Waals surface area contributed by atoms with Crippen LogP contribution in [-0.2, 0) is 10.8 Å². The quantitative estimate of drug-likeness (QED) is 0.545. The summed E-state index contributed by atoms with van der Waals surface area (Å²) >= 11 is 0. The molecule has 1 aromatic rings. The van der Waals surface area contributed by atoms with Gasteiger partial charge < -0.3 is 4.43 Å². The molecule has 0 radical (unpaired) electrons. The molecule has 0 saturated heterocycles. The molecule has 1 nitrogen and oxygen atoms in total. The molecular formula is C18H28OSi. The molecular weight excluding hydrogens is 260 g/mol. The molecule has 0 unspecified atom stereocenters. The molecule has 0 saturated carbocycles. The summed E-state index contributed by atoms with van der Waals surface area (Å²) < 4.78 is 6.43. The lowest BCUT2D eigenvalue weighted by Gasteiger charge is -2.38. The van der Waals surface area contributed by atoms with Crippen LogP contribution in [0.15, 0.2) is 30.3 Å². The van der Waals surface area contributed by atoms with Crippen LogP contribution in [0.2, 0.25) is 18.1 Å². The Morgan fingerprint density at radius 2 is 1.75 bits per heavy atom. The highest BCUT2D eigenvalue weighted by molar-refractivity contribution is 6.74. The lowest BCUT2D eigenvalue weighted by molar-refractivity contribution is 0.224. The van der Waals surface area contributed by atoms with Crippen molar-refractivity contribution in [2.75, 3.05) is 0 Å². The van der Waals surface area contributed by atoms with Crippen molar-refractivity contribution in [2.45, 2.75) is 64.8 Å². The van der Waals surface area contributed by atoms with E-state index in [1.54, 1.807) is 0 Å². The van der Waals surface area contributed by atoms with E-state index in [4.69, 9.17) is 4.43 Å². The molecule has 1 aromatic carbocycles. The van der Waals surface area contributed by atoms with Crippen molar-refractivity contribution in [1.29, 1.82) is 0 Å². The van der Waals surface area contributed by atoms with E-state index in [9.17, 15) is 0 Å². The molecule has 0 bridgehead atoms. The van der Waals surface area contributed by atoms with Gasteiger partial charge in [0.2, 0.25) is 0 Å². The molecule has 1 atom stereocenters. The predicted molar refractivity (Wildman–Crippen MR) is 90.3 cm³/mol. The highest BCUT2D eigenvalue weighted by atomic mass is 28.4. The standard InChI is InChI=1S/C18H28OSi/c1-7-11-17(19-20(5,6)18(2,3)4)15-14-16-12-9-8-10-13-16/h8-10,12-13,17H,14-15H2,1-6H3/t17-/m1/s1. The monoisotopic (exact) mass is 288 g/mol. The summed E-state index contributed by atoms with van der Waals surface area (Å²) in [5.74, 6) is 6.27. The summed E-state index contributed by atoms with van der Waals surface area (Å²) in [4.78, 5) is 0. The number of hydrogen-bond donors (Lipinski definition) is 0. The molecule has 0 aromatic heterocycles. The van der Waals surface area contributed by atoms with Crippen molar-refractivity contribution >= 4 is 8.32 Å². The highest BCUT2D eigenvalue weighted by Crippen LogP contribution is 2.37. The Bertz CT molecular complexity index is 460. The van der Waals surface area contributed by atoms with E-state index < -0.39 is 8.32 Å². The molecule has 0 N–H and O–H groups in total.